The van der Waals surface area contributed by atoms with Crippen LogP contribution in [0.25, 0.3) is 10.6 Å². The minimum atomic E-state index is 0.903. The molecule has 80 valence electrons. The average Bonchev–Trinajstić information content (AvgIpc) is 2.73. The summed E-state index contributed by atoms with van der Waals surface area (Å²) >= 11 is 3.61. The van der Waals surface area contributed by atoms with Gasteiger partial charge in [0.1, 0.15) is 5.01 Å². The van der Waals surface area contributed by atoms with Crippen molar-refractivity contribution in [2.75, 3.05) is 7.05 Å². The monoisotopic (exact) mass is 238 g/mol. The van der Waals surface area contributed by atoms with Crippen LogP contribution in [0.3, 0.4) is 0 Å². The van der Waals surface area contributed by atoms with Gasteiger partial charge in [-0.1, -0.05) is 0 Å². The fraction of sp³-hybridized carbons (Fsp3) is 0.364. The van der Waals surface area contributed by atoms with Crippen LogP contribution in [0.5, 0.6) is 0 Å². The first-order valence-corrected chi connectivity index (χ1v) is 6.50. The minimum Gasteiger partial charge on any atom is -0.315 e. The summed E-state index contributed by atoms with van der Waals surface area (Å²) in [7, 11) is 1.96. The van der Waals surface area contributed by atoms with Gasteiger partial charge in [0.15, 0.2) is 0 Å². The molecule has 2 rings (SSSR count). The number of aryl methyl sites for hydroxylation is 2. The van der Waals surface area contributed by atoms with E-state index in [-0.39, 0.29) is 0 Å². The molecule has 0 saturated carbocycles. The first kappa shape index (κ1) is 10.8. The highest BCUT2D eigenvalue weighted by Crippen LogP contribution is 2.33. The molecule has 0 spiro atoms. The molecule has 0 aliphatic heterocycles. The maximum absolute atomic E-state index is 4.46. The van der Waals surface area contributed by atoms with Crippen molar-refractivity contribution in [1.29, 1.82) is 0 Å². The Morgan fingerprint density at radius 2 is 2.13 bits per heavy atom. The molecule has 2 aromatic rings. The third-order valence-electron chi connectivity index (χ3n) is 2.18. The summed E-state index contributed by atoms with van der Waals surface area (Å²) in [6.45, 7) is 5.20. The van der Waals surface area contributed by atoms with Gasteiger partial charge < -0.3 is 5.32 Å². The Kier molecular flexibility index (Phi) is 3.19. The van der Waals surface area contributed by atoms with E-state index in [9.17, 15) is 0 Å². The van der Waals surface area contributed by atoms with Gasteiger partial charge in [0.2, 0.25) is 0 Å². The number of aromatic nitrogens is 1. The predicted octanol–water partition coefficient (Wildman–Crippen LogP) is 3.21. The Hall–Kier alpha value is -0.710. The first-order chi connectivity index (χ1) is 7.20. The van der Waals surface area contributed by atoms with Gasteiger partial charge in [-0.3, -0.25) is 0 Å². The second kappa shape index (κ2) is 4.43. The van der Waals surface area contributed by atoms with E-state index in [1.54, 1.807) is 11.3 Å². The molecule has 1 N–H and O–H groups in total. The normalized spacial score (nSPS) is 10.9. The summed E-state index contributed by atoms with van der Waals surface area (Å²) in [6.07, 6.45) is 1.96. The maximum atomic E-state index is 4.46. The van der Waals surface area contributed by atoms with Gasteiger partial charge >= 0.3 is 0 Å². The highest BCUT2D eigenvalue weighted by atomic mass is 32.1. The average molecular weight is 238 g/mol. The quantitative estimate of drug-likeness (QED) is 0.888. The van der Waals surface area contributed by atoms with Gasteiger partial charge in [0.25, 0.3) is 0 Å². The second-order valence-corrected chi connectivity index (χ2v) is 6.06. The molecule has 0 fully saturated rings. The number of hydrogen-bond donors (Lipinski definition) is 1. The van der Waals surface area contributed by atoms with Crippen LogP contribution in [0.2, 0.25) is 0 Å². The van der Waals surface area contributed by atoms with E-state index in [4.69, 9.17) is 0 Å². The maximum Gasteiger partial charge on any atom is 0.124 e. The predicted molar refractivity (Wildman–Crippen MR) is 67.7 cm³/mol. The molecule has 2 aromatic heterocycles. The van der Waals surface area contributed by atoms with Gasteiger partial charge in [0, 0.05) is 32.9 Å². The lowest BCUT2D eigenvalue weighted by Gasteiger charge is -1.92. The summed E-state index contributed by atoms with van der Waals surface area (Å²) in [5.74, 6) is 0. The molecular weight excluding hydrogens is 224 g/mol. The fourth-order valence-corrected chi connectivity index (χ4v) is 3.52. The molecule has 2 nitrogen and oxygen atoms in total. The Balaban J connectivity index is 2.32. The second-order valence-electron chi connectivity index (χ2n) is 3.49. The molecule has 0 radical (unpaired) electrons. The number of thiazole rings is 1. The highest BCUT2D eigenvalue weighted by molar-refractivity contribution is 7.16. The van der Waals surface area contributed by atoms with Gasteiger partial charge in [0.05, 0.1) is 0 Å². The van der Waals surface area contributed by atoms with E-state index in [0.717, 1.165) is 11.6 Å². The molecule has 2 heterocycles. The lowest BCUT2D eigenvalue weighted by atomic mass is 10.2. The number of nitrogens with one attached hydrogen (secondary N) is 1. The van der Waals surface area contributed by atoms with Crippen molar-refractivity contribution in [2.45, 2.75) is 20.4 Å². The lowest BCUT2D eigenvalue weighted by molar-refractivity contribution is 0.829. The van der Waals surface area contributed by atoms with Crippen LogP contribution < -0.4 is 5.32 Å². The molecule has 0 aromatic carbocycles. The topological polar surface area (TPSA) is 24.9 Å². The van der Waals surface area contributed by atoms with Crippen molar-refractivity contribution in [1.82, 2.24) is 10.3 Å². The van der Waals surface area contributed by atoms with E-state index in [1.807, 2.05) is 24.6 Å². The highest BCUT2D eigenvalue weighted by Gasteiger charge is 2.09. The van der Waals surface area contributed by atoms with Crippen LogP contribution in [-0.4, -0.2) is 12.0 Å². The van der Waals surface area contributed by atoms with E-state index >= 15 is 0 Å². The van der Waals surface area contributed by atoms with E-state index < -0.39 is 0 Å². The zero-order chi connectivity index (χ0) is 10.8. The van der Waals surface area contributed by atoms with E-state index in [2.05, 4.69) is 30.2 Å². The van der Waals surface area contributed by atoms with Crippen molar-refractivity contribution < 1.29 is 0 Å². The van der Waals surface area contributed by atoms with Crippen molar-refractivity contribution in [3.63, 3.8) is 0 Å². The van der Waals surface area contributed by atoms with Crippen LogP contribution in [0, 0.1) is 13.8 Å². The molecular formula is C11H14N2S2. The minimum absolute atomic E-state index is 0.903. The lowest BCUT2D eigenvalue weighted by Crippen LogP contribution is -2.02. The van der Waals surface area contributed by atoms with Gasteiger partial charge in [-0.2, -0.15) is 0 Å². The molecule has 0 bridgehead atoms. The summed E-state index contributed by atoms with van der Waals surface area (Å²) in [4.78, 5) is 8.47. The molecule has 0 saturated heterocycles. The molecule has 0 aliphatic carbocycles. The van der Waals surface area contributed by atoms with Crippen molar-refractivity contribution in [2.24, 2.45) is 0 Å². The summed E-state index contributed by atoms with van der Waals surface area (Å²) in [5.41, 5.74) is 1.30. The number of hydrogen-bond acceptors (Lipinski definition) is 4. The SMILES string of the molecule is CNCc1cnc(-c2cc(C)sc2C)s1. The number of thiophene rings is 1. The third-order valence-corrected chi connectivity index (χ3v) is 4.17. The van der Waals surface area contributed by atoms with Gasteiger partial charge in [-0.25, -0.2) is 4.98 Å². The molecule has 4 heteroatoms. The zero-order valence-electron chi connectivity index (χ0n) is 9.13. The summed E-state index contributed by atoms with van der Waals surface area (Å²) in [6, 6.07) is 2.22. The summed E-state index contributed by atoms with van der Waals surface area (Å²) in [5, 5.41) is 4.28. The summed E-state index contributed by atoms with van der Waals surface area (Å²) < 4.78 is 0. The smallest absolute Gasteiger partial charge is 0.124 e. The van der Waals surface area contributed by atoms with Crippen molar-refractivity contribution in [3.05, 3.63) is 26.9 Å². The zero-order valence-corrected chi connectivity index (χ0v) is 10.8. The Labute approximate surface area is 98.0 Å². The number of rotatable bonds is 3. The van der Waals surface area contributed by atoms with E-state index in [1.165, 1.54) is 20.2 Å². The van der Waals surface area contributed by atoms with Crippen LogP contribution >= 0.6 is 22.7 Å². The van der Waals surface area contributed by atoms with Crippen molar-refractivity contribution >= 4 is 22.7 Å². The molecule has 0 atom stereocenters. The van der Waals surface area contributed by atoms with Gasteiger partial charge in [-0.15, -0.1) is 22.7 Å². The molecule has 0 unspecified atom stereocenters. The Bertz CT molecular complexity index is 457. The van der Waals surface area contributed by atoms with Crippen LogP contribution in [-0.2, 0) is 6.54 Å². The first-order valence-electron chi connectivity index (χ1n) is 4.87. The third kappa shape index (κ3) is 2.27. The largest absolute Gasteiger partial charge is 0.315 e. The number of nitrogens with zero attached hydrogens (tertiary/aromatic N) is 1. The van der Waals surface area contributed by atoms with Gasteiger partial charge in [-0.05, 0) is 27.0 Å². The molecule has 0 amide bonds. The van der Waals surface area contributed by atoms with Crippen LogP contribution in [0.15, 0.2) is 12.3 Å². The fourth-order valence-electron chi connectivity index (χ4n) is 1.53. The van der Waals surface area contributed by atoms with E-state index in [0.29, 0.717) is 0 Å². The standard InChI is InChI=1S/C11H14N2S2/c1-7-4-10(8(2)14-7)11-13-6-9(15-11)5-12-3/h4,6,12H,5H2,1-3H3. The van der Waals surface area contributed by atoms with Crippen molar-refractivity contribution in [3.8, 4) is 10.6 Å². The Morgan fingerprint density at radius 3 is 2.73 bits per heavy atom. The molecule has 0 aliphatic rings. The van der Waals surface area contributed by atoms with Crippen LogP contribution in [0.1, 0.15) is 14.6 Å². The van der Waals surface area contributed by atoms with Crippen LogP contribution in [0.4, 0.5) is 0 Å². The molecule has 15 heavy (non-hydrogen) atoms. The Morgan fingerprint density at radius 1 is 1.33 bits per heavy atom.